The van der Waals surface area contributed by atoms with E-state index in [1.165, 1.54) is 7.11 Å². The van der Waals surface area contributed by atoms with Gasteiger partial charge < -0.3 is 26.4 Å². The van der Waals surface area contributed by atoms with Crippen molar-refractivity contribution in [2.45, 2.75) is 19.5 Å². The van der Waals surface area contributed by atoms with E-state index in [4.69, 9.17) is 16.6 Å². The zero-order valence-electron chi connectivity index (χ0n) is 23.3. The number of carboxylic acids is 2. The van der Waals surface area contributed by atoms with Gasteiger partial charge in [-0.1, -0.05) is 18.2 Å². The summed E-state index contributed by atoms with van der Waals surface area (Å²) < 4.78 is 40.9. The van der Waals surface area contributed by atoms with Crippen molar-refractivity contribution in [2.24, 2.45) is 4.99 Å². The van der Waals surface area contributed by atoms with Crippen LogP contribution >= 0.6 is 0 Å². The maximum absolute atomic E-state index is 12.1. The summed E-state index contributed by atoms with van der Waals surface area (Å²) in [6.45, 7) is 2.00. The third kappa shape index (κ3) is 7.73. The summed E-state index contributed by atoms with van der Waals surface area (Å²) >= 11 is 0. The number of rotatable bonds is 4. The fourth-order valence-corrected chi connectivity index (χ4v) is 4.00. The van der Waals surface area contributed by atoms with Crippen LogP contribution in [0.2, 0.25) is 0 Å². The van der Waals surface area contributed by atoms with E-state index >= 15 is 0 Å². The summed E-state index contributed by atoms with van der Waals surface area (Å²) in [6, 6.07) is 12.7. The first-order chi connectivity index (χ1) is 20.8. The summed E-state index contributed by atoms with van der Waals surface area (Å²) in [5, 5.41) is 17.6. The van der Waals surface area contributed by atoms with Gasteiger partial charge in [-0.2, -0.15) is 13.2 Å². The van der Waals surface area contributed by atoms with Gasteiger partial charge in [0.25, 0.3) is 0 Å². The lowest BCUT2D eigenvalue weighted by Crippen LogP contribution is -2.12. The van der Waals surface area contributed by atoms with Gasteiger partial charge in [-0.15, -0.1) is 0 Å². The Bertz CT molecular complexity index is 1740. The van der Waals surface area contributed by atoms with Gasteiger partial charge in [-0.05, 0) is 48.4 Å². The highest BCUT2D eigenvalue weighted by molar-refractivity contribution is 6.09. The van der Waals surface area contributed by atoms with E-state index in [1.54, 1.807) is 42.7 Å². The third-order valence-corrected chi connectivity index (χ3v) is 6.21. The van der Waals surface area contributed by atoms with Crippen LogP contribution in [0.25, 0.3) is 0 Å². The van der Waals surface area contributed by atoms with Crippen molar-refractivity contribution in [3.05, 3.63) is 112 Å². The standard InChI is InChI=1S/C15H12N2O2.C8H10N2O2.C7H4F3NO2/c1-9-5-6-16-8-12(9)13-7-10-3-2-4-11(15(18)19)14(10)17-13;1-12-8(11)5-3-2-4-6(9)7(5)10;8-7(9,10)5-1-2-11-3-4(5)6(12)13/h2-6,8H,7H2,1H3,(H,18,19);2-4H,9-10H2,1H3;1-3H,(H,12,13). The van der Waals surface area contributed by atoms with Crippen LogP contribution in [0.1, 0.15) is 53.3 Å². The quantitative estimate of drug-likeness (QED) is 0.177. The van der Waals surface area contributed by atoms with Crippen molar-refractivity contribution in [1.29, 1.82) is 0 Å². The normalized spacial score (nSPS) is 11.5. The number of nitrogens with two attached hydrogens (primary N) is 2. The molecule has 1 aliphatic rings. The average molecular weight is 610 g/mol. The van der Waals surface area contributed by atoms with E-state index in [0.717, 1.165) is 28.6 Å². The monoisotopic (exact) mass is 609 g/mol. The number of aromatic carboxylic acids is 2. The highest BCUT2D eigenvalue weighted by Gasteiger charge is 2.35. The van der Waals surface area contributed by atoms with Gasteiger partial charge in [0, 0.05) is 36.8 Å². The Kier molecular flexibility index (Phi) is 10.3. The van der Waals surface area contributed by atoms with Crippen LogP contribution in [0.5, 0.6) is 0 Å². The fraction of sp³-hybridized carbons (Fsp3) is 0.133. The Labute approximate surface area is 248 Å². The van der Waals surface area contributed by atoms with Gasteiger partial charge >= 0.3 is 24.1 Å². The van der Waals surface area contributed by atoms with E-state index < -0.39 is 35.2 Å². The predicted octanol–water partition coefficient (Wildman–Crippen LogP) is 5.20. The second kappa shape index (κ2) is 13.9. The highest BCUT2D eigenvalue weighted by Crippen LogP contribution is 2.33. The number of nitrogens with zero attached hydrogens (tertiary/aromatic N) is 3. The highest BCUT2D eigenvalue weighted by atomic mass is 19.4. The predicted molar refractivity (Wildman–Crippen MR) is 155 cm³/mol. The lowest BCUT2D eigenvalue weighted by Gasteiger charge is -2.08. The fourth-order valence-electron chi connectivity index (χ4n) is 4.00. The molecule has 0 unspecified atom stereocenters. The molecule has 228 valence electrons. The molecule has 0 aliphatic carbocycles. The number of hydrogen-bond donors (Lipinski definition) is 4. The molecule has 0 amide bonds. The van der Waals surface area contributed by atoms with Gasteiger partial charge in [0.1, 0.15) is 0 Å². The Balaban J connectivity index is 0.000000188. The number of nitrogen functional groups attached to an aromatic ring is 2. The van der Waals surface area contributed by atoms with Gasteiger partial charge in [0.05, 0.1) is 52.1 Å². The number of benzene rings is 2. The molecule has 0 saturated carbocycles. The zero-order chi connectivity index (χ0) is 32.6. The summed E-state index contributed by atoms with van der Waals surface area (Å²) in [5.41, 5.74) is 14.7. The molecule has 1 aliphatic heterocycles. The number of alkyl halides is 3. The number of aryl methyl sites for hydroxylation is 1. The Hall–Kier alpha value is -5.79. The van der Waals surface area contributed by atoms with Crippen LogP contribution in [0.3, 0.4) is 0 Å². The maximum atomic E-state index is 12.1. The van der Waals surface area contributed by atoms with Crippen molar-refractivity contribution >= 4 is 40.7 Å². The number of halogens is 3. The van der Waals surface area contributed by atoms with Crippen molar-refractivity contribution in [1.82, 2.24) is 9.97 Å². The van der Waals surface area contributed by atoms with Gasteiger partial charge in [0.15, 0.2) is 0 Å². The molecule has 44 heavy (non-hydrogen) atoms. The third-order valence-electron chi connectivity index (χ3n) is 6.21. The molecule has 0 spiro atoms. The second-order valence-electron chi connectivity index (χ2n) is 9.07. The molecule has 0 atom stereocenters. The zero-order valence-corrected chi connectivity index (χ0v) is 23.3. The number of carboxylic acid groups (broad SMARTS) is 2. The number of aliphatic imine (C=N–C) groups is 1. The molecular formula is C30H26F3N5O6. The molecule has 4 aromatic rings. The first-order valence-corrected chi connectivity index (χ1v) is 12.6. The summed E-state index contributed by atoms with van der Waals surface area (Å²) in [5.74, 6) is -3.05. The molecule has 2 aromatic heterocycles. The lowest BCUT2D eigenvalue weighted by molar-refractivity contribution is -0.138. The minimum atomic E-state index is -4.66. The van der Waals surface area contributed by atoms with Crippen LogP contribution < -0.4 is 11.5 Å². The molecular weight excluding hydrogens is 583 g/mol. The molecule has 14 heteroatoms. The number of hydrogen-bond acceptors (Lipinski definition) is 9. The molecule has 0 bridgehead atoms. The second-order valence-corrected chi connectivity index (χ2v) is 9.07. The minimum Gasteiger partial charge on any atom is -0.478 e. The number of carbonyl (C=O) groups excluding carboxylic acids is 1. The number of anilines is 2. The number of pyridine rings is 2. The summed E-state index contributed by atoms with van der Waals surface area (Å²) in [6.07, 6.45) is 1.09. The van der Waals surface area contributed by atoms with E-state index in [1.807, 2.05) is 19.1 Å². The Morgan fingerprint density at radius 2 is 1.48 bits per heavy atom. The summed E-state index contributed by atoms with van der Waals surface area (Å²) in [7, 11) is 1.30. The molecule has 5 rings (SSSR count). The molecule has 0 saturated heterocycles. The minimum absolute atomic E-state index is 0.258. The summed E-state index contributed by atoms with van der Waals surface area (Å²) in [4.78, 5) is 44.5. The largest absolute Gasteiger partial charge is 0.478 e. The number of methoxy groups -OCH3 is 1. The molecule has 11 nitrogen and oxygen atoms in total. The van der Waals surface area contributed by atoms with Crippen molar-refractivity contribution in [3.8, 4) is 0 Å². The topological polar surface area (TPSA) is 191 Å². The van der Waals surface area contributed by atoms with Gasteiger partial charge in [0.2, 0.25) is 0 Å². The van der Waals surface area contributed by atoms with Crippen LogP contribution in [0.4, 0.5) is 30.2 Å². The Morgan fingerprint density at radius 1 is 0.864 bits per heavy atom. The number of ether oxygens (including phenoxy) is 1. The van der Waals surface area contributed by atoms with E-state index in [9.17, 15) is 32.7 Å². The van der Waals surface area contributed by atoms with Crippen LogP contribution in [0, 0.1) is 6.92 Å². The first-order valence-electron chi connectivity index (χ1n) is 12.6. The van der Waals surface area contributed by atoms with E-state index in [2.05, 4.69) is 19.7 Å². The smallest absolute Gasteiger partial charge is 0.417 e. The molecule has 0 fully saturated rings. The van der Waals surface area contributed by atoms with Gasteiger partial charge in [-0.25, -0.2) is 14.4 Å². The lowest BCUT2D eigenvalue weighted by atomic mass is 10.0. The average Bonchev–Trinajstić information content (AvgIpc) is 3.43. The molecule has 0 radical (unpaired) electrons. The first kappa shape index (κ1) is 32.7. The molecule has 2 aromatic carbocycles. The molecule has 6 N–H and O–H groups in total. The number of fused-ring (bicyclic) bond motifs is 1. The van der Waals surface area contributed by atoms with Crippen molar-refractivity contribution in [3.63, 3.8) is 0 Å². The number of esters is 1. The van der Waals surface area contributed by atoms with E-state index in [0.29, 0.717) is 35.6 Å². The van der Waals surface area contributed by atoms with Crippen LogP contribution in [-0.2, 0) is 17.3 Å². The number of carbonyl (C=O) groups is 3. The molecule has 3 heterocycles. The van der Waals surface area contributed by atoms with Crippen LogP contribution in [-0.4, -0.2) is 50.9 Å². The van der Waals surface area contributed by atoms with Gasteiger partial charge in [-0.3, -0.25) is 15.0 Å². The number of aromatic nitrogens is 2. The van der Waals surface area contributed by atoms with Crippen LogP contribution in [0.15, 0.2) is 78.3 Å². The Morgan fingerprint density at radius 3 is 2.07 bits per heavy atom. The van der Waals surface area contributed by atoms with E-state index in [-0.39, 0.29) is 11.3 Å². The SMILES string of the molecule is COC(=O)c1cccc(N)c1N.Cc1ccncc1C1=Nc2c(cccc2C(=O)O)C1.O=C(O)c1cnccc1C(F)(F)F. The maximum Gasteiger partial charge on any atom is 0.417 e. The van der Waals surface area contributed by atoms with Crippen molar-refractivity contribution < 1.29 is 42.5 Å². The van der Waals surface area contributed by atoms with Crippen molar-refractivity contribution in [2.75, 3.05) is 18.6 Å². The number of para-hydroxylation sites is 2.